The quantitative estimate of drug-likeness (QED) is 0.754. The maximum Gasteiger partial charge on any atom is 0.0412 e. The van der Waals surface area contributed by atoms with Crippen molar-refractivity contribution < 1.29 is 0 Å². The Morgan fingerprint density at radius 1 is 1.21 bits per heavy atom. The smallest absolute Gasteiger partial charge is 0.0412 e. The van der Waals surface area contributed by atoms with Gasteiger partial charge in [-0.3, -0.25) is 0 Å². The lowest BCUT2D eigenvalue weighted by Gasteiger charge is -2.13. The molecule has 1 atom stereocenters. The predicted molar refractivity (Wildman–Crippen MR) is 88.9 cm³/mol. The van der Waals surface area contributed by atoms with Crippen molar-refractivity contribution in [3.63, 3.8) is 0 Å². The molecule has 0 aliphatic rings. The molecule has 19 heavy (non-hydrogen) atoms. The number of halogens is 1. The second-order valence-electron chi connectivity index (χ2n) is 4.68. The Morgan fingerprint density at radius 2 is 2.00 bits per heavy atom. The summed E-state index contributed by atoms with van der Waals surface area (Å²) in [5.41, 5.74) is 2.66. The van der Waals surface area contributed by atoms with E-state index in [-0.39, 0.29) is 0 Å². The molecule has 2 rings (SSSR count). The maximum atomic E-state index is 3.54. The molecule has 0 radical (unpaired) electrons. The molecule has 1 aromatic carbocycles. The normalized spacial score (nSPS) is 12.6. The molecule has 3 heteroatoms. The summed E-state index contributed by atoms with van der Waals surface area (Å²) in [6, 6.07) is 11.5. The highest BCUT2D eigenvalue weighted by molar-refractivity contribution is 9.10. The van der Waals surface area contributed by atoms with Gasteiger partial charge in [0.2, 0.25) is 0 Å². The van der Waals surface area contributed by atoms with Gasteiger partial charge in [0.1, 0.15) is 0 Å². The van der Waals surface area contributed by atoms with Gasteiger partial charge < -0.3 is 5.32 Å². The van der Waals surface area contributed by atoms with Crippen molar-refractivity contribution in [3.8, 4) is 10.4 Å². The van der Waals surface area contributed by atoms with Crippen LogP contribution in [-0.2, 0) is 0 Å². The minimum absolute atomic E-state index is 0.486. The molecule has 1 aromatic heterocycles. The van der Waals surface area contributed by atoms with Crippen LogP contribution in [0.1, 0.15) is 36.8 Å². The Morgan fingerprint density at radius 3 is 2.63 bits per heavy atom. The van der Waals surface area contributed by atoms with E-state index < -0.39 is 0 Å². The van der Waals surface area contributed by atoms with E-state index in [1.54, 1.807) is 0 Å². The number of nitrogens with one attached hydrogen (secondary N) is 1. The van der Waals surface area contributed by atoms with Crippen molar-refractivity contribution in [2.45, 2.75) is 33.2 Å². The fourth-order valence-electron chi connectivity index (χ4n) is 2.28. The van der Waals surface area contributed by atoms with Gasteiger partial charge in [-0.2, -0.15) is 0 Å². The van der Waals surface area contributed by atoms with Crippen molar-refractivity contribution in [3.05, 3.63) is 45.2 Å². The predicted octanol–water partition coefficient (Wildman–Crippen LogP) is 5.55. The van der Waals surface area contributed by atoms with E-state index in [4.69, 9.17) is 0 Å². The van der Waals surface area contributed by atoms with Gasteiger partial charge in [-0.05, 0) is 55.3 Å². The largest absolute Gasteiger partial charge is 0.310 e. The van der Waals surface area contributed by atoms with E-state index in [0.717, 1.165) is 17.4 Å². The molecule has 0 saturated heterocycles. The van der Waals surface area contributed by atoms with Crippen LogP contribution in [0.2, 0.25) is 0 Å². The zero-order valence-electron chi connectivity index (χ0n) is 11.7. The van der Waals surface area contributed by atoms with Gasteiger partial charge in [-0.15, -0.1) is 11.3 Å². The molecule has 0 amide bonds. The molecule has 1 nitrogen and oxygen atoms in total. The van der Waals surface area contributed by atoms with Gasteiger partial charge in [0, 0.05) is 20.3 Å². The lowest BCUT2D eigenvalue weighted by Crippen LogP contribution is -2.18. The number of thiophene rings is 1. The molecule has 0 aliphatic heterocycles. The van der Waals surface area contributed by atoms with Crippen LogP contribution in [0.25, 0.3) is 10.4 Å². The van der Waals surface area contributed by atoms with Gasteiger partial charge in [0.25, 0.3) is 0 Å². The minimum Gasteiger partial charge on any atom is -0.310 e. The molecule has 102 valence electrons. The van der Waals surface area contributed by atoms with Gasteiger partial charge in [-0.25, -0.2) is 0 Å². The van der Waals surface area contributed by atoms with Crippen molar-refractivity contribution in [1.29, 1.82) is 0 Å². The van der Waals surface area contributed by atoms with Crippen LogP contribution >= 0.6 is 27.3 Å². The summed E-state index contributed by atoms with van der Waals surface area (Å²) >= 11 is 5.42. The third-order valence-corrected chi connectivity index (χ3v) is 5.01. The number of rotatable bonds is 5. The standard InChI is InChI=1S/C16H20BrNS/c1-4-14(18-5-2)16-9-8-15(19-16)13-7-6-12(17)10-11(13)3/h6-10,14,18H,4-5H2,1-3H3. The van der Waals surface area contributed by atoms with E-state index in [9.17, 15) is 0 Å². The SMILES string of the molecule is CCNC(CC)c1ccc(-c2ccc(Br)cc2C)s1. The molecule has 1 unspecified atom stereocenters. The van der Waals surface area contributed by atoms with Crippen LogP contribution in [0.4, 0.5) is 0 Å². The van der Waals surface area contributed by atoms with E-state index in [1.807, 2.05) is 11.3 Å². The number of hydrogen-bond acceptors (Lipinski definition) is 2. The average molecular weight is 338 g/mol. The lowest BCUT2D eigenvalue weighted by molar-refractivity contribution is 0.545. The summed E-state index contributed by atoms with van der Waals surface area (Å²) in [4.78, 5) is 2.79. The summed E-state index contributed by atoms with van der Waals surface area (Å²) < 4.78 is 1.14. The molecule has 0 aliphatic carbocycles. The molecule has 2 aromatic rings. The minimum atomic E-state index is 0.486. The van der Waals surface area contributed by atoms with Crippen LogP contribution in [0, 0.1) is 6.92 Å². The van der Waals surface area contributed by atoms with Gasteiger partial charge in [0.15, 0.2) is 0 Å². The Balaban J connectivity index is 2.29. The molecule has 0 bridgehead atoms. The second kappa shape index (κ2) is 6.69. The Hall–Kier alpha value is -0.640. The average Bonchev–Trinajstić information content (AvgIpc) is 2.85. The molecule has 1 heterocycles. The van der Waals surface area contributed by atoms with Crippen LogP contribution < -0.4 is 5.32 Å². The van der Waals surface area contributed by atoms with Crippen LogP contribution in [0.3, 0.4) is 0 Å². The number of hydrogen-bond donors (Lipinski definition) is 1. The third-order valence-electron chi connectivity index (χ3n) is 3.28. The highest BCUT2D eigenvalue weighted by atomic mass is 79.9. The van der Waals surface area contributed by atoms with Crippen molar-refractivity contribution in [1.82, 2.24) is 5.32 Å². The molecular weight excluding hydrogens is 318 g/mol. The first-order valence-electron chi connectivity index (χ1n) is 6.75. The van der Waals surface area contributed by atoms with Gasteiger partial charge >= 0.3 is 0 Å². The summed E-state index contributed by atoms with van der Waals surface area (Å²) in [7, 11) is 0. The Labute approximate surface area is 128 Å². The monoisotopic (exact) mass is 337 g/mol. The highest BCUT2D eigenvalue weighted by Gasteiger charge is 2.12. The van der Waals surface area contributed by atoms with E-state index in [0.29, 0.717) is 6.04 Å². The maximum absolute atomic E-state index is 3.54. The molecule has 0 fully saturated rings. The van der Waals surface area contributed by atoms with Crippen LogP contribution in [0.5, 0.6) is 0 Å². The third kappa shape index (κ3) is 3.47. The Kier molecular flexibility index (Phi) is 5.20. The summed E-state index contributed by atoms with van der Waals surface area (Å²) in [6.07, 6.45) is 1.13. The fraction of sp³-hybridized carbons (Fsp3) is 0.375. The zero-order valence-corrected chi connectivity index (χ0v) is 14.1. The van der Waals surface area contributed by atoms with E-state index >= 15 is 0 Å². The second-order valence-corrected chi connectivity index (χ2v) is 6.71. The Bertz CT molecular complexity index is 547. The van der Waals surface area contributed by atoms with Crippen molar-refractivity contribution in [2.75, 3.05) is 6.54 Å². The van der Waals surface area contributed by atoms with Crippen molar-refractivity contribution >= 4 is 27.3 Å². The summed E-state index contributed by atoms with van der Waals surface area (Å²) in [5, 5.41) is 3.54. The number of benzene rings is 1. The molecule has 0 saturated carbocycles. The highest BCUT2D eigenvalue weighted by Crippen LogP contribution is 2.35. The molecular formula is C16H20BrNS. The van der Waals surface area contributed by atoms with Crippen molar-refractivity contribution in [2.24, 2.45) is 0 Å². The first-order valence-corrected chi connectivity index (χ1v) is 8.36. The first-order chi connectivity index (χ1) is 9.15. The van der Waals surface area contributed by atoms with Gasteiger partial charge in [-0.1, -0.05) is 35.8 Å². The lowest BCUT2D eigenvalue weighted by atomic mass is 10.1. The van der Waals surface area contributed by atoms with Crippen LogP contribution in [-0.4, -0.2) is 6.54 Å². The number of aryl methyl sites for hydroxylation is 1. The van der Waals surface area contributed by atoms with E-state index in [2.05, 4.69) is 72.3 Å². The molecule has 0 spiro atoms. The van der Waals surface area contributed by atoms with Gasteiger partial charge in [0.05, 0.1) is 0 Å². The molecule has 1 N–H and O–H groups in total. The van der Waals surface area contributed by atoms with E-state index in [1.165, 1.54) is 20.9 Å². The zero-order chi connectivity index (χ0) is 13.8. The summed E-state index contributed by atoms with van der Waals surface area (Å²) in [5.74, 6) is 0. The first kappa shape index (κ1) is 14.8. The summed E-state index contributed by atoms with van der Waals surface area (Å²) in [6.45, 7) is 7.58. The topological polar surface area (TPSA) is 12.0 Å². The fourth-order valence-corrected chi connectivity index (χ4v) is 4.01. The van der Waals surface area contributed by atoms with Crippen LogP contribution in [0.15, 0.2) is 34.8 Å².